The fourth-order valence-corrected chi connectivity index (χ4v) is 6.16. The highest BCUT2D eigenvalue weighted by molar-refractivity contribution is 6.26. The molecule has 200 valence electrons. The molecule has 0 unspecified atom stereocenters. The van der Waals surface area contributed by atoms with Crippen LogP contribution in [-0.2, 0) is 17.9 Å². The summed E-state index contributed by atoms with van der Waals surface area (Å²) < 4.78 is 4.75. The van der Waals surface area contributed by atoms with E-state index in [1.54, 1.807) is 0 Å². The second kappa shape index (κ2) is 7.97. The molecular formula is C35H36N5+. The largest absolute Gasteiger partial charge is 0.303 e. The van der Waals surface area contributed by atoms with Crippen LogP contribution in [0.2, 0.25) is 0 Å². The molecule has 0 fully saturated rings. The van der Waals surface area contributed by atoms with Crippen LogP contribution in [0.25, 0.3) is 60.4 Å². The minimum atomic E-state index is -0.184. The maximum atomic E-state index is 5.01. The highest BCUT2D eigenvalue weighted by atomic mass is 15.1. The van der Waals surface area contributed by atoms with Crippen molar-refractivity contribution in [3.8, 4) is 11.4 Å². The quantitative estimate of drug-likeness (QED) is 0.124. The molecule has 0 spiro atoms. The van der Waals surface area contributed by atoms with E-state index in [9.17, 15) is 0 Å². The van der Waals surface area contributed by atoms with Crippen LogP contribution in [0.15, 0.2) is 54.7 Å². The summed E-state index contributed by atoms with van der Waals surface area (Å²) in [5.74, 6) is 2.38. The Kier molecular flexibility index (Phi) is 4.96. The molecule has 0 saturated heterocycles. The molecule has 0 bridgehead atoms. The van der Waals surface area contributed by atoms with Crippen LogP contribution < -0.4 is 4.57 Å². The molecule has 0 aliphatic rings. The van der Waals surface area contributed by atoms with Gasteiger partial charge in [0.2, 0.25) is 5.52 Å². The van der Waals surface area contributed by atoms with Crippen molar-refractivity contribution in [2.24, 2.45) is 7.05 Å². The molecule has 0 aliphatic heterocycles. The molecule has 5 nitrogen and oxygen atoms in total. The van der Waals surface area contributed by atoms with Gasteiger partial charge in [0.25, 0.3) is 0 Å². The van der Waals surface area contributed by atoms with Crippen LogP contribution in [0.4, 0.5) is 0 Å². The minimum absolute atomic E-state index is 0.184. The average molecular weight is 527 g/mol. The molecule has 7 aromatic rings. The Morgan fingerprint density at radius 2 is 1.43 bits per heavy atom. The molecule has 0 atom stereocenters. The number of nitrogens with zero attached hydrogens (tertiary/aromatic N) is 5. The second-order valence-corrected chi connectivity index (χ2v) is 13.5. The first kappa shape index (κ1) is 24.9. The van der Waals surface area contributed by atoms with Crippen LogP contribution in [0.3, 0.4) is 0 Å². The van der Waals surface area contributed by atoms with Gasteiger partial charge in [0.1, 0.15) is 24.2 Å². The van der Waals surface area contributed by atoms with Gasteiger partial charge in [-0.2, -0.15) is 4.57 Å². The first-order valence-electron chi connectivity index (χ1n) is 14.1. The number of benzene rings is 3. The van der Waals surface area contributed by atoms with Crippen molar-refractivity contribution in [2.75, 3.05) is 0 Å². The number of rotatable bonds is 1. The van der Waals surface area contributed by atoms with Crippen LogP contribution in [-0.4, -0.2) is 19.4 Å². The normalized spacial score (nSPS) is 13.1. The van der Waals surface area contributed by atoms with Crippen LogP contribution in [0.1, 0.15) is 64.3 Å². The van der Waals surface area contributed by atoms with Gasteiger partial charge in [-0.25, -0.2) is 15.0 Å². The number of fused-ring (bicyclic) bond motifs is 5. The molecule has 0 N–H and O–H groups in total. The average Bonchev–Trinajstić information content (AvgIpc) is 3.23. The molecule has 0 aliphatic carbocycles. The van der Waals surface area contributed by atoms with E-state index in [2.05, 4.69) is 126 Å². The second-order valence-electron chi connectivity index (χ2n) is 13.5. The van der Waals surface area contributed by atoms with Gasteiger partial charge in [0.05, 0.1) is 16.4 Å². The molecule has 4 aromatic heterocycles. The van der Waals surface area contributed by atoms with Crippen molar-refractivity contribution in [3.05, 3.63) is 77.5 Å². The van der Waals surface area contributed by atoms with Crippen molar-refractivity contribution in [1.29, 1.82) is 0 Å². The lowest BCUT2D eigenvalue weighted by molar-refractivity contribution is -0.644. The van der Waals surface area contributed by atoms with E-state index < -0.39 is 0 Å². The highest BCUT2D eigenvalue weighted by Crippen LogP contribution is 2.41. The Hall–Kier alpha value is -4.12. The smallest absolute Gasteiger partial charge is 0.238 e. The van der Waals surface area contributed by atoms with Gasteiger partial charge in [-0.05, 0) is 42.5 Å². The van der Waals surface area contributed by atoms with E-state index in [0.29, 0.717) is 0 Å². The molecule has 3 aromatic carbocycles. The van der Waals surface area contributed by atoms with Gasteiger partial charge in [-0.1, -0.05) is 71.9 Å². The third kappa shape index (κ3) is 3.39. The summed E-state index contributed by atoms with van der Waals surface area (Å²) in [6.07, 6.45) is 2.20. The Labute approximate surface area is 234 Å². The van der Waals surface area contributed by atoms with Crippen LogP contribution >= 0.6 is 0 Å². The minimum Gasteiger partial charge on any atom is -0.303 e. The number of aromatic nitrogens is 5. The maximum absolute atomic E-state index is 5.01. The third-order valence-corrected chi connectivity index (χ3v) is 8.43. The fourth-order valence-electron chi connectivity index (χ4n) is 6.16. The molecule has 0 radical (unpaired) electrons. The van der Waals surface area contributed by atoms with Gasteiger partial charge in [0, 0.05) is 38.6 Å². The van der Waals surface area contributed by atoms with Crippen LogP contribution in [0, 0.1) is 13.8 Å². The van der Waals surface area contributed by atoms with E-state index >= 15 is 0 Å². The lowest BCUT2D eigenvalue weighted by atomic mass is 9.93. The SMILES string of the molecule is Cc1cc2cccc3c2c(c1C)c1c2c(cc[n+]1C)c1ccc(-c4nc(C(C)(C)C)nc(C(C)(C)C)n4)cc1n32. The maximum Gasteiger partial charge on any atom is 0.238 e. The predicted octanol–water partition coefficient (Wildman–Crippen LogP) is 7.88. The molecule has 40 heavy (non-hydrogen) atoms. The zero-order valence-corrected chi connectivity index (χ0v) is 24.9. The van der Waals surface area contributed by atoms with E-state index in [1.807, 2.05) is 0 Å². The molecule has 7 rings (SSSR count). The van der Waals surface area contributed by atoms with Gasteiger partial charge in [0.15, 0.2) is 12.0 Å². The molecular weight excluding hydrogens is 490 g/mol. The van der Waals surface area contributed by atoms with Gasteiger partial charge >= 0.3 is 0 Å². The molecule has 4 heterocycles. The van der Waals surface area contributed by atoms with E-state index in [0.717, 1.165) is 23.0 Å². The Morgan fingerprint density at radius 3 is 2.10 bits per heavy atom. The summed E-state index contributed by atoms with van der Waals surface area (Å²) in [6, 6.07) is 18.0. The first-order valence-corrected chi connectivity index (χ1v) is 14.1. The van der Waals surface area contributed by atoms with Crippen molar-refractivity contribution in [2.45, 2.75) is 66.2 Å². The van der Waals surface area contributed by atoms with Crippen molar-refractivity contribution in [1.82, 2.24) is 19.4 Å². The molecule has 0 saturated carbocycles. The number of aryl methyl sites for hydroxylation is 3. The fraction of sp³-hybridized carbons (Fsp3) is 0.314. The summed E-state index contributed by atoms with van der Waals surface area (Å²) in [6.45, 7) is 17.5. The zero-order chi connectivity index (χ0) is 28.3. The summed E-state index contributed by atoms with van der Waals surface area (Å²) in [4.78, 5) is 14.9. The third-order valence-electron chi connectivity index (χ3n) is 8.43. The van der Waals surface area contributed by atoms with E-state index in [1.165, 1.54) is 60.1 Å². The Bertz CT molecular complexity index is 2120. The monoisotopic (exact) mass is 526 g/mol. The lowest BCUT2D eigenvalue weighted by Gasteiger charge is -2.22. The standard InChI is InChI=1S/C35H36N5/c1-19-17-21-11-10-12-25-28(21)27(20(19)2)30-29-24(15-16-39(30)9)23-14-13-22(18-26(23)40(25)29)31-36-32(34(3,4)5)38-33(37-31)35(6,7)8/h10-18H,1-9H3/q+1. The van der Waals surface area contributed by atoms with Gasteiger partial charge in [-0.15, -0.1) is 0 Å². The van der Waals surface area contributed by atoms with E-state index in [4.69, 9.17) is 15.0 Å². The summed E-state index contributed by atoms with van der Waals surface area (Å²) in [7, 11) is 2.16. The van der Waals surface area contributed by atoms with E-state index in [-0.39, 0.29) is 10.8 Å². The number of hydrogen-bond acceptors (Lipinski definition) is 3. The van der Waals surface area contributed by atoms with Crippen molar-refractivity contribution in [3.63, 3.8) is 0 Å². The molecule has 5 heteroatoms. The highest BCUT2D eigenvalue weighted by Gasteiger charge is 2.27. The summed E-state index contributed by atoms with van der Waals surface area (Å²) in [5.41, 5.74) is 8.23. The predicted molar refractivity (Wildman–Crippen MR) is 165 cm³/mol. The topological polar surface area (TPSA) is 47.0 Å². The molecule has 0 amide bonds. The summed E-state index contributed by atoms with van der Waals surface area (Å²) >= 11 is 0. The number of hydrogen-bond donors (Lipinski definition) is 0. The van der Waals surface area contributed by atoms with Gasteiger partial charge in [-0.3, -0.25) is 0 Å². The lowest BCUT2D eigenvalue weighted by Crippen LogP contribution is -2.29. The number of pyridine rings is 2. The Morgan fingerprint density at radius 1 is 0.725 bits per heavy atom. The summed E-state index contributed by atoms with van der Waals surface area (Å²) in [5, 5.41) is 6.43. The Balaban J connectivity index is 1.65. The first-order chi connectivity index (χ1) is 18.8. The van der Waals surface area contributed by atoms with Crippen molar-refractivity contribution >= 4 is 49.0 Å². The van der Waals surface area contributed by atoms with Crippen LogP contribution in [0.5, 0.6) is 0 Å². The van der Waals surface area contributed by atoms with Gasteiger partial charge < -0.3 is 4.40 Å². The zero-order valence-electron chi connectivity index (χ0n) is 24.9. The van der Waals surface area contributed by atoms with Crippen molar-refractivity contribution < 1.29 is 4.57 Å².